The number of carbonyl (C=O) groups is 1. The summed E-state index contributed by atoms with van der Waals surface area (Å²) < 4.78 is 30.3. The molecule has 0 unspecified atom stereocenters. The third-order valence-electron chi connectivity index (χ3n) is 2.12. The quantitative estimate of drug-likeness (QED) is 0.462. The van der Waals surface area contributed by atoms with Crippen molar-refractivity contribution in [2.24, 2.45) is 0 Å². The maximum absolute atomic E-state index is 12.8. The van der Waals surface area contributed by atoms with E-state index in [-0.39, 0.29) is 22.0 Å². The fourth-order valence-corrected chi connectivity index (χ4v) is 2.45. The Labute approximate surface area is 114 Å². The molecule has 0 aliphatic heterocycles. The highest BCUT2D eigenvalue weighted by molar-refractivity contribution is 9.10. The van der Waals surface area contributed by atoms with Gasteiger partial charge in [-0.05, 0) is 33.1 Å². The summed E-state index contributed by atoms with van der Waals surface area (Å²) in [6, 6.07) is 1.54. The normalized spacial score (nSPS) is 10.7. The van der Waals surface area contributed by atoms with Gasteiger partial charge in [-0.2, -0.15) is 0 Å². The zero-order chi connectivity index (χ0) is 13.0. The summed E-state index contributed by atoms with van der Waals surface area (Å²) in [5, 5.41) is 0.208. The highest BCUT2D eigenvalue weighted by atomic mass is 79.9. The monoisotopic (exact) mass is 371 g/mol. The molecule has 0 fully saturated rings. The van der Waals surface area contributed by atoms with E-state index in [0.717, 1.165) is 0 Å². The van der Waals surface area contributed by atoms with Gasteiger partial charge in [-0.15, -0.1) is 0 Å². The molecule has 0 amide bonds. The number of nitrogens with zero attached hydrogens (tertiary/aromatic N) is 1. The van der Waals surface area contributed by atoms with Crippen LogP contribution in [0.3, 0.4) is 0 Å². The zero-order valence-electron chi connectivity index (χ0n) is 8.84. The minimum atomic E-state index is -2.68. The van der Waals surface area contributed by atoms with E-state index in [2.05, 4.69) is 41.6 Å². The second kappa shape index (κ2) is 6.39. The van der Waals surface area contributed by atoms with Gasteiger partial charge >= 0.3 is 5.97 Å². The predicted octanol–water partition coefficient (Wildman–Crippen LogP) is 3.39. The Morgan fingerprint density at radius 2 is 2.24 bits per heavy atom. The van der Waals surface area contributed by atoms with E-state index in [1.54, 1.807) is 6.07 Å². The molecule has 1 aromatic rings. The Balaban J connectivity index is 3.23. The standard InChI is InChI=1S/C10H9Br2F2NO2/c1-17-8(16)3-5-2-7(12)15-9(10(13)14)6(5)4-11/h2,10H,3-4H2,1H3. The van der Waals surface area contributed by atoms with Gasteiger partial charge in [0.25, 0.3) is 6.43 Å². The van der Waals surface area contributed by atoms with Crippen LogP contribution in [0.4, 0.5) is 8.78 Å². The molecule has 7 heteroatoms. The number of hydrogen-bond acceptors (Lipinski definition) is 3. The number of esters is 1. The molecule has 1 rings (SSSR count). The van der Waals surface area contributed by atoms with Gasteiger partial charge in [0.15, 0.2) is 0 Å². The molecule has 0 N–H and O–H groups in total. The number of methoxy groups -OCH3 is 1. The number of alkyl halides is 3. The molecular weight excluding hydrogens is 364 g/mol. The van der Waals surface area contributed by atoms with E-state index in [4.69, 9.17) is 0 Å². The second-order valence-electron chi connectivity index (χ2n) is 3.16. The largest absolute Gasteiger partial charge is 0.469 e. The van der Waals surface area contributed by atoms with Gasteiger partial charge in [0.1, 0.15) is 10.3 Å². The van der Waals surface area contributed by atoms with Crippen molar-refractivity contribution in [3.8, 4) is 0 Å². The first-order chi connectivity index (χ1) is 7.99. The van der Waals surface area contributed by atoms with Crippen LogP contribution in [-0.4, -0.2) is 18.1 Å². The van der Waals surface area contributed by atoms with Crippen molar-refractivity contribution in [1.29, 1.82) is 0 Å². The molecule has 0 aromatic carbocycles. The zero-order valence-corrected chi connectivity index (χ0v) is 12.0. The second-order valence-corrected chi connectivity index (χ2v) is 4.53. The van der Waals surface area contributed by atoms with E-state index >= 15 is 0 Å². The Morgan fingerprint density at radius 1 is 1.59 bits per heavy atom. The average molecular weight is 373 g/mol. The first-order valence-corrected chi connectivity index (χ1v) is 6.50. The lowest BCUT2D eigenvalue weighted by molar-refractivity contribution is -0.139. The van der Waals surface area contributed by atoms with Gasteiger partial charge in [-0.3, -0.25) is 4.79 Å². The number of ether oxygens (including phenoxy) is 1. The molecule has 1 heterocycles. The number of carbonyl (C=O) groups excluding carboxylic acids is 1. The summed E-state index contributed by atoms with van der Waals surface area (Å²) in [5.41, 5.74) is 0.481. The van der Waals surface area contributed by atoms with Gasteiger partial charge < -0.3 is 4.74 Å². The molecule has 0 bridgehead atoms. The van der Waals surface area contributed by atoms with Crippen LogP contribution in [0.5, 0.6) is 0 Å². The first-order valence-electron chi connectivity index (χ1n) is 4.58. The Bertz CT molecular complexity index is 427. The summed E-state index contributed by atoms with van der Waals surface area (Å²) >= 11 is 6.17. The van der Waals surface area contributed by atoms with Gasteiger partial charge in [-0.25, -0.2) is 13.8 Å². The molecule has 0 spiro atoms. The van der Waals surface area contributed by atoms with Crippen molar-refractivity contribution < 1.29 is 18.3 Å². The number of pyridine rings is 1. The van der Waals surface area contributed by atoms with Gasteiger partial charge in [0.2, 0.25) is 0 Å². The minimum Gasteiger partial charge on any atom is -0.469 e. The van der Waals surface area contributed by atoms with Crippen molar-refractivity contribution in [3.05, 3.63) is 27.5 Å². The van der Waals surface area contributed by atoms with Crippen molar-refractivity contribution in [2.45, 2.75) is 18.2 Å². The summed E-state index contributed by atoms with van der Waals surface area (Å²) in [4.78, 5) is 14.9. The lowest BCUT2D eigenvalue weighted by atomic mass is 10.1. The van der Waals surface area contributed by atoms with Gasteiger partial charge in [-0.1, -0.05) is 15.9 Å². The lowest BCUT2D eigenvalue weighted by Crippen LogP contribution is -2.09. The molecular formula is C10H9Br2F2NO2. The Morgan fingerprint density at radius 3 is 2.71 bits per heavy atom. The van der Waals surface area contributed by atoms with Crippen molar-refractivity contribution >= 4 is 37.8 Å². The van der Waals surface area contributed by atoms with Crippen LogP contribution >= 0.6 is 31.9 Å². The number of halogens is 4. The number of rotatable bonds is 4. The average Bonchev–Trinajstić information content (AvgIpc) is 2.28. The highest BCUT2D eigenvalue weighted by Gasteiger charge is 2.20. The minimum absolute atomic E-state index is 0.0573. The van der Waals surface area contributed by atoms with Crippen LogP contribution in [0.2, 0.25) is 0 Å². The summed E-state index contributed by atoms with van der Waals surface area (Å²) in [6.45, 7) is 0. The summed E-state index contributed by atoms with van der Waals surface area (Å²) in [7, 11) is 1.25. The fourth-order valence-electron chi connectivity index (χ4n) is 1.33. The first kappa shape index (κ1) is 14.5. The molecule has 0 saturated heterocycles. The van der Waals surface area contributed by atoms with Gasteiger partial charge in [0.05, 0.1) is 13.5 Å². The Hall–Kier alpha value is -0.560. The maximum atomic E-state index is 12.8. The summed E-state index contributed by atoms with van der Waals surface area (Å²) in [5.74, 6) is -0.481. The predicted molar refractivity (Wildman–Crippen MR) is 65.2 cm³/mol. The third kappa shape index (κ3) is 3.70. The number of aromatic nitrogens is 1. The van der Waals surface area contributed by atoms with Crippen LogP contribution in [0.1, 0.15) is 23.2 Å². The summed E-state index contributed by atoms with van der Waals surface area (Å²) in [6.07, 6.45) is -2.74. The van der Waals surface area contributed by atoms with Crippen LogP contribution in [0.15, 0.2) is 10.7 Å². The van der Waals surface area contributed by atoms with E-state index < -0.39 is 12.4 Å². The maximum Gasteiger partial charge on any atom is 0.309 e. The molecule has 1 aromatic heterocycles. The smallest absolute Gasteiger partial charge is 0.309 e. The molecule has 3 nitrogen and oxygen atoms in total. The molecule has 0 atom stereocenters. The number of hydrogen-bond donors (Lipinski definition) is 0. The molecule has 0 radical (unpaired) electrons. The van der Waals surface area contributed by atoms with Crippen molar-refractivity contribution in [1.82, 2.24) is 4.98 Å². The fraction of sp³-hybridized carbons (Fsp3) is 0.400. The molecule has 17 heavy (non-hydrogen) atoms. The Kier molecular flexibility index (Phi) is 5.45. The third-order valence-corrected chi connectivity index (χ3v) is 3.09. The highest BCUT2D eigenvalue weighted by Crippen LogP contribution is 2.28. The molecule has 0 saturated carbocycles. The van der Waals surface area contributed by atoms with E-state index in [0.29, 0.717) is 11.1 Å². The van der Waals surface area contributed by atoms with Crippen LogP contribution < -0.4 is 0 Å². The SMILES string of the molecule is COC(=O)Cc1cc(Br)nc(C(F)F)c1CBr. The van der Waals surface area contributed by atoms with E-state index in [1.165, 1.54) is 7.11 Å². The van der Waals surface area contributed by atoms with Crippen molar-refractivity contribution in [2.75, 3.05) is 7.11 Å². The molecule has 94 valence electrons. The molecule has 0 aliphatic rings. The van der Waals surface area contributed by atoms with Crippen LogP contribution in [-0.2, 0) is 21.3 Å². The van der Waals surface area contributed by atoms with Gasteiger partial charge in [0, 0.05) is 5.33 Å². The van der Waals surface area contributed by atoms with E-state index in [9.17, 15) is 13.6 Å². The van der Waals surface area contributed by atoms with Crippen LogP contribution in [0, 0.1) is 0 Å². The lowest BCUT2D eigenvalue weighted by Gasteiger charge is -2.11. The van der Waals surface area contributed by atoms with Crippen LogP contribution in [0.25, 0.3) is 0 Å². The molecule has 0 aliphatic carbocycles. The topological polar surface area (TPSA) is 39.2 Å². The van der Waals surface area contributed by atoms with E-state index in [1.807, 2.05) is 0 Å². The van der Waals surface area contributed by atoms with Crippen molar-refractivity contribution in [3.63, 3.8) is 0 Å².